The number of carbonyl (C=O) groups excluding carboxylic acids is 2. The number of fused-ring (bicyclic) bond motifs is 1. The second kappa shape index (κ2) is 6.48. The average molecular weight is 355 g/mol. The third-order valence-electron chi connectivity index (χ3n) is 5.42. The minimum Gasteiger partial charge on any atom is -0.493 e. The number of rotatable bonds is 6. The van der Waals surface area contributed by atoms with Crippen molar-refractivity contribution in [2.45, 2.75) is 31.7 Å². The summed E-state index contributed by atoms with van der Waals surface area (Å²) >= 11 is 0. The normalized spacial score (nSPS) is 23.6. The van der Waals surface area contributed by atoms with Crippen molar-refractivity contribution in [3.8, 4) is 5.75 Å². The van der Waals surface area contributed by atoms with Gasteiger partial charge < -0.3 is 19.8 Å². The van der Waals surface area contributed by atoms with Crippen LogP contribution in [0.3, 0.4) is 0 Å². The molecule has 3 aliphatic rings. The van der Waals surface area contributed by atoms with Crippen molar-refractivity contribution in [3.05, 3.63) is 47.7 Å². The molecule has 2 bridgehead atoms. The number of amides is 2. The van der Waals surface area contributed by atoms with E-state index in [1.165, 1.54) is 6.39 Å². The van der Waals surface area contributed by atoms with Crippen LogP contribution in [0.2, 0.25) is 0 Å². The van der Waals surface area contributed by atoms with Gasteiger partial charge in [-0.1, -0.05) is 18.2 Å². The van der Waals surface area contributed by atoms with Crippen molar-refractivity contribution >= 4 is 11.8 Å². The smallest absolute Gasteiger partial charge is 0.270 e. The molecule has 3 atom stereocenters. The van der Waals surface area contributed by atoms with Gasteiger partial charge in [-0.2, -0.15) is 0 Å². The van der Waals surface area contributed by atoms with Crippen molar-refractivity contribution in [1.29, 1.82) is 0 Å². The predicted molar refractivity (Wildman–Crippen MR) is 92.7 cm³/mol. The number of hydrogen-bond acceptors (Lipinski definition) is 5. The van der Waals surface area contributed by atoms with Crippen LogP contribution in [0.5, 0.6) is 5.75 Å². The Hall–Kier alpha value is -2.83. The number of aromatic nitrogens is 1. The summed E-state index contributed by atoms with van der Waals surface area (Å²) in [6.07, 6.45) is 2.49. The summed E-state index contributed by atoms with van der Waals surface area (Å²) in [4.78, 5) is 29.9. The van der Waals surface area contributed by atoms with Gasteiger partial charge in [0.15, 0.2) is 12.1 Å². The first-order chi connectivity index (χ1) is 12.6. The van der Waals surface area contributed by atoms with Crippen molar-refractivity contribution in [2.24, 2.45) is 11.7 Å². The average Bonchev–Trinajstić information content (AvgIpc) is 3.30. The summed E-state index contributed by atoms with van der Waals surface area (Å²) in [5.41, 5.74) is 6.59. The first-order valence-corrected chi connectivity index (χ1v) is 8.77. The molecule has 0 spiro atoms. The summed E-state index contributed by atoms with van der Waals surface area (Å²) in [7, 11) is 0. The van der Waals surface area contributed by atoms with Crippen LogP contribution < -0.4 is 10.5 Å². The number of para-hydroxylation sites is 1. The van der Waals surface area contributed by atoms with Crippen LogP contribution in [0.1, 0.15) is 40.6 Å². The maximum absolute atomic E-state index is 12.6. The summed E-state index contributed by atoms with van der Waals surface area (Å²) in [5.74, 6) is 1.11. The van der Waals surface area contributed by atoms with E-state index in [2.05, 4.69) is 4.98 Å². The van der Waals surface area contributed by atoms with Crippen molar-refractivity contribution < 1.29 is 18.7 Å². The van der Waals surface area contributed by atoms with Crippen molar-refractivity contribution in [2.75, 3.05) is 13.2 Å². The van der Waals surface area contributed by atoms with Gasteiger partial charge in [-0.25, -0.2) is 4.98 Å². The van der Waals surface area contributed by atoms with E-state index in [9.17, 15) is 9.59 Å². The van der Waals surface area contributed by atoms with Crippen LogP contribution in [-0.2, 0) is 4.79 Å². The van der Waals surface area contributed by atoms with Gasteiger partial charge in [0.2, 0.25) is 5.91 Å². The van der Waals surface area contributed by atoms with Gasteiger partial charge in [0.1, 0.15) is 11.5 Å². The number of aryl methyl sites for hydroxylation is 1. The molecule has 136 valence electrons. The Bertz CT molecular complexity index is 847. The maximum atomic E-state index is 12.6. The predicted octanol–water partition coefficient (Wildman–Crippen LogP) is 1.87. The van der Waals surface area contributed by atoms with Crippen LogP contribution >= 0.6 is 0 Å². The number of nitrogens with two attached hydrogens (primary N) is 1. The molecular weight excluding hydrogens is 334 g/mol. The van der Waals surface area contributed by atoms with E-state index in [1.54, 1.807) is 0 Å². The quantitative estimate of drug-likeness (QED) is 0.853. The summed E-state index contributed by atoms with van der Waals surface area (Å²) in [6, 6.07) is 7.80. The standard InChI is InChI=1S/C19H21N3O4/c1-11-4-2-3-5-14(11)25-7-6-15(23)22-9-12-8-13(22)16(12)18-17(19(20)24)21-10-26-18/h2-5,10,12-13,16H,6-9H2,1H3,(H2,20,24). The van der Waals surface area contributed by atoms with Gasteiger partial charge in [0.25, 0.3) is 5.91 Å². The Labute approximate surface area is 151 Å². The molecular formula is C19H21N3O4. The number of hydrogen-bond donors (Lipinski definition) is 1. The fourth-order valence-corrected chi connectivity index (χ4v) is 4.08. The van der Waals surface area contributed by atoms with Gasteiger partial charge in [-0.15, -0.1) is 0 Å². The monoisotopic (exact) mass is 355 g/mol. The molecule has 1 aromatic heterocycles. The van der Waals surface area contributed by atoms with Gasteiger partial charge in [-0.3, -0.25) is 9.59 Å². The first-order valence-electron chi connectivity index (χ1n) is 8.77. The maximum Gasteiger partial charge on any atom is 0.270 e. The van der Waals surface area contributed by atoms with Gasteiger partial charge in [-0.05, 0) is 30.9 Å². The fourth-order valence-electron chi connectivity index (χ4n) is 4.08. The molecule has 26 heavy (non-hydrogen) atoms. The molecule has 0 radical (unpaired) electrons. The molecule has 1 saturated carbocycles. The van der Waals surface area contributed by atoms with Crippen LogP contribution in [0.15, 0.2) is 35.1 Å². The number of nitrogens with zero attached hydrogens (tertiary/aromatic N) is 2. The third-order valence-corrected chi connectivity index (χ3v) is 5.42. The zero-order chi connectivity index (χ0) is 18.3. The molecule has 2 aliphatic heterocycles. The highest BCUT2D eigenvalue weighted by Gasteiger charge is 2.56. The topological polar surface area (TPSA) is 98.7 Å². The third kappa shape index (κ3) is 2.73. The molecule has 2 aromatic rings. The number of carbonyl (C=O) groups is 2. The van der Waals surface area contributed by atoms with Crippen LogP contribution in [-0.4, -0.2) is 40.9 Å². The first kappa shape index (κ1) is 16.6. The molecule has 5 rings (SSSR count). The lowest BCUT2D eigenvalue weighted by Gasteiger charge is -2.35. The molecule has 7 nitrogen and oxygen atoms in total. The van der Waals surface area contributed by atoms with Gasteiger partial charge in [0, 0.05) is 18.5 Å². The van der Waals surface area contributed by atoms with E-state index >= 15 is 0 Å². The Balaban J connectivity index is 1.36. The highest BCUT2D eigenvalue weighted by atomic mass is 16.5. The van der Waals surface area contributed by atoms with Crippen LogP contribution in [0, 0.1) is 12.8 Å². The molecule has 3 fully saturated rings. The Kier molecular flexibility index (Phi) is 4.14. The van der Waals surface area contributed by atoms with Gasteiger partial charge >= 0.3 is 0 Å². The minimum atomic E-state index is -0.593. The summed E-state index contributed by atoms with van der Waals surface area (Å²) in [5, 5.41) is 0. The van der Waals surface area contributed by atoms with Crippen LogP contribution in [0.4, 0.5) is 0 Å². The minimum absolute atomic E-state index is 0.0150. The van der Waals surface area contributed by atoms with Crippen molar-refractivity contribution in [1.82, 2.24) is 9.88 Å². The number of benzene rings is 1. The Morgan fingerprint density at radius 3 is 2.96 bits per heavy atom. The number of ether oxygens (including phenoxy) is 1. The zero-order valence-electron chi connectivity index (χ0n) is 14.6. The lowest BCUT2D eigenvalue weighted by Crippen LogP contribution is -2.40. The second-order valence-electron chi connectivity index (χ2n) is 6.93. The van der Waals surface area contributed by atoms with Crippen molar-refractivity contribution in [3.63, 3.8) is 0 Å². The Morgan fingerprint density at radius 1 is 1.38 bits per heavy atom. The van der Waals surface area contributed by atoms with E-state index in [0.29, 0.717) is 31.3 Å². The molecule has 3 heterocycles. The zero-order valence-corrected chi connectivity index (χ0v) is 14.6. The van der Waals surface area contributed by atoms with E-state index in [1.807, 2.05) is 36.1 Å². The summed E-state index contributed by atoms with van der Waals surface area (Å²) in [6.45, 7) is 3.00. The molecule has 7 heteroatoms. The molecule has 2 N–H and O–H groups in total. The largest absolute Gasteiger partial charge is 0.493 e. The Morgan fingerprint density at radius 2 is 2.19 bits per heavy atom. The molecule has 1 aliphatic carbocycles. The van der Waals surface area contributed by atoms with Gasteiger partial charge in [0.05, 0.1) is 13.0 Å². The highest BCUT2D eigenvalue weighted by molar-refractivity contribution is 5.92. The fraction of sp³-hybridized carbons (Fsp3) is 0.421. The van der Waals surface area contributed by atoms with E-state index < -0.39 is 5.91 Å². The lowest BCUT2D eigenvalue weighted by atomic mass is 9.72. The molecule has 1 aromatic carbocycles. The summed E-state index contributed by atoms with van der Waals surface area (Å²) < 4.78 is 11.1. The SMILES string of the molecule is Cc1ccccc1OCCC(=O)N1CC2CC1C2c1ocnc1C(N)=O. The molecule has 2 saturated heterocycles. The number of primary amides is 1. The molecule has 2 amide bonds. The highest BCUT2D eigenvalue weighted by Crippen LogP contribution is 2.53. The van der Waals surface area contributed by atoms with E-state index in [0.717, 1.165) is 17.7 Å². The lowest BCUT2D eigenvalue weighted by molar-refractivity contribution is -0.132. The number of oxazole rings is 1. The molecule has 3 unspecified atom stereocenters. The van der Waals surface area contributed by atoms with Crippen LogP contribution in [0.25, 0.3) is 0 Å². The second-order valence-corrected chi connectivity index (χ2v) is 6.93. The van der Waals surface area contributed by atoms with E-state index in [4.69, 9.17) is 14.9 Å². The van der Waals surface area contributed by atoms with E-state index in [-0.39, 0.29) is 23.6 Å².